The number of piperidine rings is 1. The molecular weight excluding hydrogens is 477 g/mol. The number of anilines is 3. The maximum Gasteiger partial charge on any atom is 0.262 e. The van der Waals surface area contributed by atoms with Gasteiger partial charge in [0.1, 0.15) is 18.2 Å². The smallest absolute Gasteiger partial charge is 0.262 e. The fraction of sp³-hybridized carbons (Fsp3) is 0.423. The van der Waals surface area contributed by atoms with Gasteiger partial charge in [-0.1, -0.05) is 0 Å². The molecule has 37 heavy (non-hydrogen) atoms. The van der Waals surface area contributed by atoms with Crippen molar-refractivity contribution in [2.45, 2.75) is 24.9 Å². The van der Waals surface area contributed by atoms with E-state index in [1.807, 2.05) is 18.5 Å². The molecule has 1 saturated carbocycles. The number of ether oxygens (including phenoxy) is 3. The standard InChI is InChI=1S/C26H26FN7O3/c1-35-23-24(33-21-5-2-15(7-28)6-20(21)27)31-14-32-25(23)37-22-18-10-34(11-19(22)13-36-12-18)26-29-8-17(9-30-26)16-3-4-16/h2,5-6,8-9,14,16,18-19,22H,3-4,10-13H2,1H3,(H,31,32,33). The van der Waals surface area contributed by atoms with E-state index in [4.69, 9.17) is 19.5 Å². The number of halogens is 1. The molecule has 190 valence electrons. The molecule has 11 heteroatoms. The minimum absolute atomic E-state index is 0.0752. The van der Waals surface area contributed by atoms with Crippen LogP contribution in [0, 0.1) is 29.0 Å². The molecular formula is C26H26FN7O3. The Hall–Kier alpha value is -4.04. The summed E-state index contributed by atoms with van der Waals surface area (Å²) < 4.78 is 32.3. The Balaban J connectivity index is 1.20. The van der Waals surface area contributed by atoms with E-state index in [9.17, 15) is 4.39 Å². The summed E-state index contributed by atoms with van der Waals surface area (Å²) in [7, 11) is 1.49. The Morgan fingerprint density at radius 2 is 1.86 bits per heavy atom. The first kappa shape index (κ1) is 23.4. The van der Waals surface area contributed by atoms with Gasteiger partial charge in [0.05, 0.1) is 37.6 Å². The van der Waals surface area contributed by atoms with Gasteiger partial charge in [-0.25, -0.2) is 19.3 Å². The Bertz CT molecular complexity index is 1310. The molecule has 6 rings (SSSR count). The first-order valence-corrected chi connectivity index (χ1v) is 12.3. The van der Waals surface area contributed by atoms with Crippen molar-refractivity contribution >= 4 is 17.5 Å². The number of fused-ring (bicyclic) bond motifs is 2. The van der Waals surface area contributed by atoms with E-state index < -0.39 is 5.82 Å². The summed E-state index contributed by atoms with van der Waals surface area (Å²) in [6.07, 6.45) is 7.54. The molecule has 3 fully saturated rings. The number of nitrogens with zero attached hydrogens (tertiary/aromatic N) is 6. The molecule has 1 N–H and O–H groups in total. The predicted molar refractivity (Wildman–Crippen MR) is 131 cm³/mol. The number of nitrogens with one attached hydrogen (secondary N) is 1. The van der Waals surface area contributed by atoms with Gasteiger partial charge in [-0.3, -0.25) is 0 Å². The largest absolute Gasteiger partial charge is 0.489 e. The van der Waals surface area contributed by atoms with Gasteiger partial charge in [0.2, 0.25) is 11.7 Å². The Morgan fingerprint density at radius 3 is 2.51 bits per heavy atom. The summed E-state index contributed by atoms with van der Waals surface area (Å²) in [5.74, 6) is 1.73. The predicted octanol–water partition coefficient (Wildman–Crippen LogP) is 3.44. The van der Waals surface area contributed by atoms with Gasteiger partial charge in [-0.05, 0) is 42.5 Å². The lowest BCUT2D eigenvalue weighted by Crippen LogP contribution is -2.58. The maximum atomic E-state index is 14.5. The van der Waals surface area contributed by atoms with Crippen LogP contribution in [0.25, 0.3) is 0 Å². The highest BCUT2D eigenvalue weighted by Gasteiger charge is 2.43. The van der Waals surface area contributed by atoms with Crippen LogP contribution in [0.4, 0.5) is 21.8 Å². The van der Waals surface area contributed by atoms with Gasteiger partial charge in [0, 0.05) is 37.3 Å². The van der Waals surface area contributed by atoms with Gasteiger partial charge in [0.15, 0.2) is 5.82 Å². The van der Waals surface area contributed by atoms with Crippen molar-refractivity contribution in [3.8, 4) is 17.7 Å². The van der Waals surface area contributed by atoms with E-state index in [-0.39, 0.29) is 46.6 Å². The number of hydrogen-bond acceptors (Lipinski definition) is 10. The van der Waals surface area contributed by atoms with Crippen molar-refractivity contribution in [3.05, 3.63) is 53.9 Å². The Morgan fingerprint density at radius 1 is 1.11 bits per heavy atom. The summed E-state index contributed by atoms with van der Waals surface area (Å²) in [5.41, 5.74) is 1.60. The molecule has 2 saturated heterocycles. The van der Waals surface area contributed by atoms with Gasteiger partial charge in [-0.15, -0.1) is 0 Å². The summed E-state index contributed by atoms with van der Waals surface area (Å²) in [6, 6.07) is 6.08. The van der Waals surface area contributed by atoms with Crippen molar-refractivity contribution in [1.82, 2.24) is 19.9 Å². The zero-order valence-electron chi connectivity index (χ0n) is 20.3. The number of methoxy groups -OCH3 is 1. The normalized spacial score (nSPS) is 22.7. The average molecular weight is 504 g/mol. The lowest BCUT2D eigenvalue weighted by atomic mass is 9.84. The van der Waals surface area contributed by atoms with Crippen LogP contribution in [0.2, 0.25) is 0 Å². The third kappa shape index (κ3) is 4.72. The maximum absolute atomic E-state index is 14.5. The average Bonchev–Trinajstić information content (AvgIpc) is 3.76. The van der Waals surface area contributed by atoms with Crippen molar-refractivity contribution in [2.75, 3.05) is 43.6 Å². The highest BCUT2D eigenvalue weighted by molar-refractivity contribution is 5.65. The monoisotopic (exact) mass is 503 g/mol. The molecule has 0 amide bonds. The quantitative estimate of drug-likeness (QED) is 0.514. The molecule has 2 atom stereocenters. The number of hydrogen-bond donors (Lipinski definition) is 1. The van der Waals surface area contributed by atoms with E-state index in [1.54, 1.807) is 0 Å². The van der Waals surface area contributed by atoms with E-state index in [0.717, 1.165) is 12.0 Å². The van der Waals surface area contributed by atoms with Crippen LogP contribution in [-0.4, -0.2) is 59.5 Å². The number of benzene rings is 1. The first-order chi connectivity index (χ1) is 18.1. The van der Waals surface area contributed by atoms with Crippen LogP contribution in [0.15, 0.2) is 36.9 Å². The lowest BCUT2D eigenvalue weighted by molar-refractivity contribution is -0.0776. The van der Waals surface area contributed by atoms with Crippen LogP contribution in [0.3, 0.4) is 0 Å². The molecule has 1 aromatic carbocycles. The third-order valence-electron chi connectivity index (χ3n) is 7.07. The fourth-order valence-electron chi connectivity index (χ4n) is 5.03. The van der Waals surface area contributed by atoms with Crippen molar-refractivity contribution in [2.24, 2.45) is 11.8 Å². The topological polar surface area (TPSA) is 118 Å². The van der Waals surface area contributed by atoms with Gasteiger partial charge >= 0.3 is 0 Å². The highest BCUT2D eigenvalue weighted by Crippen LogP contribution is 2.40. The Kier molecular flexibility index (Phi) is 6.18. The van der Waals surface area contributed by atoms with Crippen LogP contribution in [-0.2, 0) is 4.74 Å². The summed E-state index contributed by atoms with van der Waals surface area (Å²) >= 11 is 0. The molecule has 0 spiro atoms. The SMILES string of the molecule is COc1c(Nc2ccc(C#N)cc2F)ncnc1OC1C2COCC1CN(c1ncc(C3CC3)cn1)C2. The molecule has 2 aromatic heterocycles. The number of aromatic nitrogens is 4. The zero-order chi connectivity index (χ0) is 25.4. The van der Waals surface area contributed by atoms with Crippen LogP contribution >= 0.6 is 0 Å². The Labute approximate surface area is 213 Å². The zero-order valence-corrected chi connectivity index (χ0v) is 20.3. The molecule has 2 aliphatic heterocycles. The van der Waals surface area contributed by atoms with E-state index in [2.05, 4.69) is 30.2 Å². The molecule has 4 heterocycles. The second-order valence-electron chi connectivity index (χ2n) is 9.63. The first-order valence-electron chi connectivity index (χ1n) is 12.3. The summed E-state index contributed by atoms with van der Waals surface area (Å²) in [4.78, 5) is 20.0. The molecule has 10 nitrogen and oxygen atoms in total. The van der Waals surface area contributed by atoms with Crippen molar-refractivity contribution in [1.29, 1.82) is 5.26 Å². The fourth-order valence-corrected chi connectivity index (χ4v) is 5.03. The van der Waals surface area contributed by atoms with Gasteiger partial charge in [-0.2, -0.15) is 10.2 Å². The lowest BCUT2D eigenvalue weighted by Gasteiger charge is -2.46. The van der Waals surface area contributed by atoms with Crippen LogP contribution < -0.4 is 19.7 Å². The second kappa shape index (κ2) is 9.78. The van der Waals surface area contributed by atoms with Gasteiger partial charge in [0.25, 0.3) is 5.88 Å². The molecule has 1 aliphatic carbocycles. The number of nitriles is 1. The van der Waals surface area contributed by atoms with Crippen molar-refractivity contribution < 1.29 is 18.6 Å². The van der Waals surface area contributed by atoms with E-state index in [0.29, 0.717) is 32.2 Å². The van der Waals surface area contributed by atoms with E-state index in [1.165, 1.54) is 44.0 Å². The van der Waals surface area contributed by atoms with E-state index >= 15 is 0 Å². The second-order valence-corrected chi connectivity index (χ2v) is 9.63. The molecule has 2 unspecified atom stereocenters. The minimum Gasteiger partial charge on any atom is -0.489 e. The molecule has 3 aliphatic rings. The molecule has 0 radical (unpaired) electrons. The molecule has 2 bridgehead atoms. The molecule has 3 aromatic rings. The summed E-state index contributed by atoms with van der Waals surface area (Å²) in [5, 5.41) is 11.9. The minimum atomic E-state index is -0.575. The van der Waals surface area contributed by atoms with Crippen LogP contribution in [0.5, 0.6) is 11.6 Å². The summed E-state index contributed by atoms with van der Waals surface area (Å²) in [6.45, 7) is 2.48. The highest BCUT2D eigenvalue weighted by atomic mass is 19.1. The van der Waals surface area contributed by atoms with Crippen LogP contribution in [0.1, 0.15) is 29.9 Å². The van der Waals surface area contributed by atoms with Gasteiger partial charge < -0.3 is 24.4 Å². The van der Waals surface area contributed by atoms with Crippen molar-refractivity contribution in [3.63, 3.8) is 0 Å². The number of rotatable bonds is 7. The third-order valence-corrected chi connectivity index (χ3v) is 7.07.